The molecule has 2 saturated heterocycles. The first-order valence-corrected chi connectivity index (χ1v) is 14.8. The number of aliphatic hydroxyl groups excluding tert-OH is 2. The second-order valence-electron chi connectivity index (χ2n) is 9.74. The highest BCUT2D eigenvalue weighted by Gasteiger charge is 2.47. The monoisotopic (exact) mass is 630 g/mol. The van der Waals surface area contributed by atoms with Gasteiger partial charge in [0.1, 0.15) is 53.0 Å². The summed E-state index contributed by atoms with van der Waals surface area (Å²) in [6.45, 7) is -0.948. The number of imidazole rings is 1. The SMILES string of the molecule is NC1=NC2C(N=CN2[C@H]2CC(O)[C@@H](COP(=O)(O)OC3C[C@H](n4cnc5c(=S)nc(N)[nH]c54)O[C@@H]3CO)O2)C(=S)N1. The molecule has 0 radical (unpaired) electrons. The molecule has 0 aliphatic carbocycles. The van der Waals surface area contributed by atoms with Crippen LogP contribution in [0.3, 0.4) is 0 Å². The summed E-state index contributed by atoms with van der Waals surface area (Å²) >= 11 is 10.5. The lowest BCUT2D eigenvalue weighted by molar-refractivity contribution is -0.0675. The van der Waals surface area contributed by atoms with E-state index in [1.807, 2.05) is 0 Å². The maximum Gasteiger partial charge on any atom is 0.472 e. The van der Waals surface area contributed by atoms with Crippen molar-refractivity contribution in [3.05, 3.63) is 11.0 Å². The minimum atomic E-state index is -4.69. The molecule has 2 aromatic rings. The molecule has 18 nitrogen and oxygen atoms in total. The predicted octanol–water partition coefficient (Wildman–Crippen LogP) is -1.39. The molecule has 9 atom stereocenters. The van der Waals surface area contributed by atoms with Crippen molar-refractivity contribution in [2.45, 2.75) is 61.9 Å². The lowest BCUT2D eigenvalue weighted by Crippen LogP contribution is -2.54. The molecule has 9 N–H and O–H groups in total. The Hall–Kier alpha value is -2.65. The number of phosphoric ester groups is 1. The van der Waals surface area contributed by atoms with Crippen LogP contribution in [0.15, 0.2) is 16.3 Å². The van der Waals surface area contributed by atoms with Crippen molar-refractivity contribution in [3.8, 4) is 0 Å². The van der Waals surface area contributed by atoms with Crippen LogP contribution in [0.25, 0.3) is 11.2 Å². The lowest BCUT2D eigenvalue weighted by atomic mass is 10.1. The van der Waals surface area contributed by atoms with E-state index in [9.17, 15) is 19.7 Å². The Labute approximate surface area is 242 Å². The third-order valence-corrected chi connectivity index (χ3v) is 8.72. The van der Waals surface area contributed by atoms with Crippen molar-refractivity contribution in [1.29, 1.82) is 0 Å². The highest BCUT2D eigenvalue weighted by molar-refractivity contribution is 7.80. The molecule has 6 rings (SSSR count). The van der Waals surface area contributed by atoms with Crippen molar-refractivity contribution in [2.24, 2.45) is 15.7 Å². The molecule has 0 aromatic carbocycles. The largest absolute Gasteiger partial charge is 0.472 e. The topological polar surface area (TPSA) is 253 Å². The van der Waals surface area contributed by atoms with Gasteiger partial charge in [-0.05, 0) is 0 Å². The number of nitrogens with one attached hydrogen (secondary N) is 2. The second kappa shape index (κ2) is 10.9. The van der Waals surface area contributed by atoms with Gasteiger partial charge in [-0.2, -0.15) is 0 Å². The Balaban J connectivity index is 1.07. The summed E-state index contributed by atoms with van der Waals surface area (Å²) in [5.41, 5.74) is 12.4. The van der Waals surface area contributed by atoms with Crippen LogP contribution in [-0.4, -0.2) is 113 Å². The molecule has 41 heavy (non-hydrogen) atoms. The average molecular weight is 631 g/mol. The fourth-order valence-electron chi connectivity index (χ4n) is 5.15. The van der Waals surface area contributed by atoms with Crippen molar-refractivity contribution < 1.29 is 38.2 Å². The van der Waals surface area contributed by atoms with E-state index < -0.39 is 70.1 Å². The zero-order valence-electron chi connectivity index (χ0n) is 21.1. The summed E-state index contributed by atoms with van der Waals surface area (Å²) in [6.07, 6.45) is -2.67. The number of H-pyrrole nitrogens is 1. The van der Waals surface area contributed by atoms with Crippen LogP contribution >= 0.6 is 32.3 Å². The molecule has 0 saturated carbocycles. The molecule has 4 aliphatic heterocycles. The number of hydrogen-bond donors (Lipinski definition) is 7. The fourth-order valence-corrected chi connectivity index (χ4v) is 6.65. The second-order valence-corrected chi connectivity index (χ2v) is 12.0. The van der Waals surface area contributed by atoms with E-state index >= 15 is 0 Å². The molecule has 21 heteroatoms. The van der Waals surface area contributed by atoms with E-state index in [-0.39, 0.29) is 29.4 Å². The molecule has 6 heterocycles. The maximum absolute atomic E-state index is 12.9. The maximum atomic E-state index is 12.9. The van der Waals surface area contributed by atoms with Gasteiger partial charge in [-0.25, -0.2) is 19.5 Å². The number of aromatic nitrogens is 4. The standard InChI is InChI=1S/C20H27N10O8PS2/c21-19-25-15-13(17(40)27-19)23-5-29(15)11-1-7(32)10(37-11)4-35-39(33,34)38-8-2-12(36-9(8)3-31)30-6-24-14-16(30)26-20(22)28-18(14)41/h5-13,15,31-32H,1-4H2,(H,33,34)(H3,21,25,27,40)(H3,22,26,28,41)/t7?,8?,9-,10-,11-,12-,13?,15?/m1/s1. The van der Waals surface area contributed by atoms with Gasteiger partial charge in [0.2, 0.25) is 0 Å². The fraction of sp³-hybridized carbons (Fsp3) is 0.600. The lowest BCUT2D eigenvalue weighted by Gasteiger charge is -2.32. The summed E-state index contributed by atoms with van der Waals surface area (Å²) in [6, 6.07) is -0.443. The van der Waals surface area contributed by atoms with Gasteiger partial charge >= 0.3 is 7.82 Å². The first kappa shape index (κ1) is 28.5. The number of aromatic amines is 1. The Kier molecular flexibility index (Phi) is 7.55. The summed E-state index contributed by atoms with van der Waals surface area (Å²) in [7, 11) is -4.69. The number of fused-ring (bicyclic) bond motifs is 2. The van der Waals surface area contributed by atoms with Gasteiger partial charge in [-0.1, -0.05) is 24.4 Å². The molecule has 5 unspecified atom stereocenters. The zero-order valence-corrected chi connectivity index (χ0v) is 23.6. The number of guanidine groups is 1. The highest BCUT2D eigenvalue weighted by atomic mass is 32.1. The van der Waals surface area contributed by atoms with Crippen molar-refractivity contribution >= 4 is 66.7 Å². The van der Waals surface area contributed by atoms with E-state index in [0.717, 1.165) is 0 Å². The smallest absolute Gasteiger partial charge is 0.394 e. The molecule has 0 spiro atoms. The Bertz CT molecular complexity index is 1520. The zero-order chi connectivity index (χ0) is 29.1. The third-order valence-electron chi connectivity index (χ3n) is 7.08. The number of rotatable bonds is 8. The minimum Gasteiger partial charge on any atom is -0.394 e. The number of nitrogens with two attached hydrogens (primary N) is 2. The van der Waals surface area contributed by atoms with Crippen LogP contribution in [0, 0.1) is 4.64 Å². The van der Waals surface area contributed by atoms with Gasteiger partial charge in [0, 0.05) is 12.8 Å². The Morgan fingerprint density at radius 2 is 2.00 bits per heavy atom. The van der Waals surface area contributed by atoms with E-state index in [2.05, 4.69) is 30.3 Å². The molecule has 2 fully saturated rings. The van der Waals surface area contributed by atoms with Gasteiger partial charge in [-0.15, -0.1) is 0 Å². The average Bonchev–Trinajstić information content (AvgIpc) is 3.67. The van der Waals surface area contributed by atoms with Crippen LogP contribution in [0.5, 0.6) is 0 Å². The summed E-state index contributed by atoms with van der Waals surface area (Å²) in [5, 5.41) is 23.2. The number of aliphatic imine (C=N–C) groups is 2. The van der Waals surface area contributed by atoms with Crippen molar-refractivity contribution in [3.63, 3.8) is 0 Å². The quantitative estimate of drug-likeness (QED) is 0.131. The first-order valence-electron chi connectivity index (χ1n) is 12.5. The van der Waals surface area contributed by atoms with Gasteiger partial charge in [0.25, 0.3) is 0 Å². The van der Waals surface area contributed by atoms with E-state index in [1.54, 1.807) is 9.47 Å². The van der Waals surface area contributed by atoms with Crippen LogP contribution < -0.4 is 16.8 Å². The van der Waals surface area contributed by atoms with Gasteiger partial charge in [0.05, 0.1) is 32.0 Å². The third kappa shape index (κ3) is 5.47. The van der Waals surface area contributed by atoms with E-state index in [0.29, 0.717) is 16.2 Å². The number of nitrogens with zero attached hydrogens (tertiary/aromatic N) is 6. The van der Waals surface area contributed by atoms with Gasteiger partial charge in [-0.3, -0.25) is 18.6 Å². The number of aliphatic hydroxyl groups is 2. The van der Waals surface area contributed by atoms with Crippen molar-refractivity contribution in [1.82, 2.24) is 29.7 Å². The number of thiocarbonyl (C=S) groups is 1. The highest BCUT2D eigenvalue weighted by Crippen LogP contribution is 2.49. The number of ether oxygens (including phenoxy) is 2. The van der Waals surface area contributed by atoms with Gasteiger partial charge < -0.3 is 51.2 Å². The van der Waals surface area contributed by atoms with Crippen molar-refractivity contribution in [2.75, 3.05) is 18.9 Å². The Morgan fingerprint density at radius 1 is 1.22 bits per heavy atom. The summed E-state index contributed by atoms with van der Waals surface area (Å²) in [5.74, 6) is 0.224. The molecule has 2 aromatic heterocycles. The van der Waals surface area contributed by atoms with Crippen LogP contribution in [0.1, 0.15) is 19.1 Å². The molecular weight excluding hydrogens is 603 g/mol. The molecule has 0 amide bonds. The van der Waals surface area contributed by atoms with E-state index in [4.69, 9.17) is 54.4 Å². The van der Waals surface area contributed by atoms with Crippen LogP contribution in [-0.2, 0) is 23.1 Å². The minimum absolute atomic E-state index is 0.0648. The van der Waals surface area contributed by atoms with Gasteiger partial charge in [0.15, 0.2) is 22.7 Å². The summed E-state index contributed by atoms with van der Waals surface area (Å²) < 4.78 is 37.0. The number of phosphoric acid groups is 1. The number of hydrogen-bond acceptors (Lipinski definition) is 16. The Morgan fingerprint density at radius 3 is 2.78 bits per heavy atom. The summed E-state index contributed by atoms with van der Waals surface area (Å²) in [4.78, 5) is 32.3. The van der Waals surface area contributed by atoms with Crippen LogP contribution in [0.4, 0.5) is 5.95 Å². The molecular formula is C20H27N10O8PS2. The first-order chi connectivity index (χ1) is 19.5. The molecule has 222 valence electrons. The normalized spacial score (nSPS) is 34.6. The van der Waals surface area contributed by atoms with E-state index in [1.165, 1.54) is 12.7 Å². The number of nitrogen functional groups attached to an aromatic ring is 1. The number of anilines is 1. The predicted molar refractivity (Wildman–Crippen MR) is 148 cm³/mol. The molecule has 4 aliphatic rings. The van der Waals surface area contributed by atoms with Crippen LogP contribution in [0.2, 0.25) is 0 Å². The molecule has 0 bridgehead atoms.